The molecule has 0 aliphatic heterocycles. The molecule has 12 heavy (non-hydrogen) atoms. The highest BCUT2D eigenvalue weighted by Crippen LogP contribution is 2.14. The molecule has 0 aromatic carbocycles. The third-order valence-electron chi connectivity index (χ3n) is 1.39. The number of ether oxygens (including phenoxy) is 1. The van der Waals surface area contributed by atoms with Gasteiger partial charge in [0, 0.05) is 6.20 Å². The third kappa shape index (κ3) is 1.95. The Morgan fingerprint density at radius 3 is 3.08 bits per heavy atom. The summed E-state index contributed by atoms with van der Waals surface area (Å²) in [6.45, 7) is 1.93. The summed E-state index contributed by atoms with van der Waals surface area (Å²) in [6, 6.07) is 3.36. The monoisotopic (exact) mass is 166 g/mol. The topological polar surface area (TPSA) is 65.2 Å². The van der Waals surface area contributed by atoms with Crippen LogP contribution in [0, 0.1) is 0 Å². The Bertz CT molecular complexity index is 286. The van der Waals surface area contributed by atoms with Crippen LogP contribution in [0.15, 0.2) is 18.3 Å². The SMILES string of the molecule is CCc1ncccc1OC(N)=O. The molecule has 0 radical (unpaired) electrons. The summed E-state index contributed by atoms with van der Waals surface area (Å²) >= 11 is 0. The Kier molecular flexibility index (Phi) is 2.63. The zero-order valence-corrected chi connectivity index (χ0v) is 6.78. The van der Waals surface area contributed by atoms with Gasteiger partial charge in [-0.25, -0.2) is 4.79 Å². The number of pyridine rings is 1. The fourth-order valence-electron chi connectivity index (χ4n) is 0.890. The molecule has 0 fully saturated rings. The normalized spacial score (nSPS) is 9.42. The number of nitrogens with two attached hydrogens (primary N) is 1. The Hall–Kier alpha value is -1.58. The van der Waals surface area contributed by atoms with Crippen molar-refractivity contribution in [1.29, 1.82) is 0 Å². The Balaban J connectivity index is 2.89. The minimum Gasteiger partial charge on any atom is -0.409 e. The highest BCUT2D eigenvalue weighted by molar-refractivity contribution is 5.68. The standard InChI is InChI=1S/C8H10N2O2/c1-2-6-7(12-8(9)11)4-3-5-10-6/h3-5H,2H2,1H3,(H2,9,11). The van der Waals surface area contributed by atoms with Gasteiger partial charge in [0.05, 0.1) is 5.69 Å². The summed E-state index contributed by atoms with van der Waals surface area (Å²) in [5, 5.41) is 0. The molecule has 1 heterocycles. The van der Waals surface area contributed by atoms with Crippen LogP contribution in [0.3, 0.4) is 0 Å². The Morgan fingerprint density at radius 1 is 1.75 bits per heavy atom. The summed E-state index contributed by atoms with van der Waals surface area (Å²) in [4.78, 5) is 14.4. The van der Waals surface area contributed by atoms with E-state index in [0.717, 1.165) is 5.69 Å². The van der Waals surface area contributed by atoms with E-state index < -0.39 is 6.09 Å². The lowest BCUT2D eigenvalue weighted by Gasteiger charge is -2.03. The molecule has 2 N–H and O–H groups in total. The number of nitrogens with zero attached hydrogens (tertiary/aromatic N) is 1. The van der Waals surface area contributed by atoms with Crippen molar-refractivity contribution in [1.82, 2.24) is 4.98 Å². The quantitative estimate of drug-likeness (QED) is 0.715. The maximum Gasteiger partial charge on any atom is 0.410 e. The second-order valence-electron chi connectivity index (χ2n) is 2.22. The molecule has 1 rings (SSSR count). The van der Waals surface area contributed by atoms with Gasteiger partial charge in [0.1, 0.15) is 0 Å². The third-order valence-corrected chi connectivity index (χ3v) is 1.39. The molecule has 0 unspecified atom stereocenters. The van der Waals surface area contributed by atoms with Crippen LogP contribution >= 0.6 is 0 Å². The van der Waals surface area contributed by atoms with Gasteiger partial charge < -0.3 is 10.5 Å². The van der Waals surface area contributed by atoms with Crippen LogP contribution in [0.25, 0.3) is 0 Å². The first-order chi connectivity index (χ1) is 5.74. The van der Waals surface area contributed by atoms with E-state index in [9.17, 15) is 4.79 Å². The minimum absolute atomic E-state index is 0.438. The maximum absolute atomic E-state index is 10.4. The van der Waals surface area contributed by atoms with Gasteiger partial charge >= 0.3 is 6.09 Å². The molecule has 4 nitrogen and oxygen atoms in total. The van der Waals surface area contributed by atoms with Crippen molar-refractivity contribution in [2.45, 2.75) is 13.3 Å². The number of primary amides is 1. The predicted molar refractivity (Wildman–Crippen MR) is 43.8 cm³/mol. The van der Waals surface area contributed by atoms with Crippen LogP contribution in [-0.4, -0.2) is 11.1 Å². The molecule has 0 saturated carbocycles. The number of carbonyl (C=O) groups excluding carboxylic acids is 1. The van der Waals surface area contributed by atoms with Gasteiger partial charge in [0.25, 0.3) is 0 Å². The zero-order valence-electron chi connectivity index (χ0n) is 6.78. The highest BCUT2D eigenvalue weighted by Gasteiger charge is 2.04. The van der Waals surface area contributed by atoms with E-state index in [-0.39, 0.29) is 0 Å². The fraction of sp³-hybridized carbons (Fsp3) is 0.250. The van der Waals surface area contributed by atoms with Crippen LogP contribution in [0.5, 0.6) is 5.75 Å². The number of rotatable bonds is 2. The van der Waals surface area contributed by atoms with Crippen LogP contribution in [0.1, 0.15) is 12.6 Å². The van der Waals surface area contributed by atoms with E-state index in [1.54, 1.807) is 18.3 Å². The van der Waals surface area contributed by atoms with E-state index >= 15 is 0 Å². The van der Waals surface area contributed by atoms with Crippen LogP contribution < -0.4 is 10.5 Å². The lowest BCUT2D eigenvalue weighted by molar-refractivity contribution is 0.210. The summed E-state index contributed by atoms with van der Waals surface area (Å²) in [7, 11) is 0. The molecule has 1 aromatic heterocycles. The predicted octanol–water partition coefficient (Wildman–Crippen LogP) is 1.10. The fourth-order valence-corrected chi connectivity index (χ4v) is 0.890. The smallest absolute Gasteiger partial charge is 0.409 e. The molecule has 0 atom stereocenters. The lowest BCUT2D eigenvalue weighted by atomic mass is 10.3. The second kappa shape index (κ2) is 3.71. The van der Waals surface area contributed by atoms with Gasteiger partial charge in [-0.2, -0.15) is 0 Å². The number of hydrogen-bond donors (Lipinski definition) is 1. The van der Waals surface area contributed by atoms with Gasteiger partial charge in [0.15, 0.2) is 5.75 Å². The molecule has 0 spiro atoms. The Morgan fingerprint density at radius 2 is 2.50 bits per heavy atom. The van der Waals surface area contributed by atoms with Crippen molar-refractivity contribution in [3.8, 4) is 5.75 Å². The first kappa shape index (κ1) is 8.52. The van der Waals surface area contributed by atoms with Gasteiger partial charge in [-0.1, -0.05) is 6.92 Å². The van der Waals surface area contributed by atoms with Crippen molar-refractivity contribution in [2.24, 2.45) is 5.73 Å². The van der Waals surface area contributed by atoms with Gasteiger partial charge in [-0.15, -0.1) is 0 Å². The van der Waals surface area contributed by atoms with Crippen molar-refractivity contribution in [3.05, 3.63) is 24.0 Å². The van der Waals surface area contributed by atoms with Crippen LogP contribution in [0.2, 0.25) is 0 Å². The van der Waals surface area contributed by atoms with Gasteiger partial charge in [-0.3, -0.25) is 4.98 Å². The van der Waals surface area contributed by atoms with E-state index in [1.807, 2.05) is 6.92 Å². The minimum atomic E-state index is -0.808. The summed E-state index contributed by atoms with van der Waals surface area (Å²) < 4.78 is 4.71. The first-order valence-corrected chi connectivity index (χ1v) is 3.65. The largest absolute Gasteiger partial charge is 0.410 e. The molecular formula is C8H10N2O2. The van der Waals surface area contributed by atoms with E-state index in [4.69, 9.17) is 10.5 Å². The molecule has 64 valence electrons. The number of aryl methyl sites for hydroxylation is 1. The molecule has 4 heteroatoms. The van der Waals surface area contributed by atoms with E-state index in [2.05, 4.69) is 4.98 Å². The lowest BCUT2D eigenvalue weighted by Crippen LogP contribution is -2.17. The van der Waals surface area contributed by atoms with E-state index in [0.29, 0.717) is 12.2 Å². The van der Waals surface area contributed by atoms with Gasteiger partial charge in [-0.05, 0) is 18.6 Å². The summed E-state index contributed by atoms with van der Waals surface area (Å²) in [5.74, 6) is 0.438. The average Bonchev–Trinajstić information content (AvgIpc) is 2.04. The molecule has 0 saturated heterocycles. The van der Waals surface area contributed by atoms with Crippen molar-refractivity contribution < 1.29 is 9.53 Å². The van der Waals surface area contributed by atoms with Gasteiger partial charge in [0.2, 0.25) is 0 Å². The van der Waals surface area contributed by atoms with Crippen molar-refractivity contribution in [3.63, 3.8) is 0 Å². The van der Waals surface area contributed by atoms with Crippen LogP contribution in [0.4, 0.5) is 4.79 Å². The summed E-state index contributed by atoms with van der Waals surface area (Å²) in [5.41, 5.74) is 5.59. The Labute approximate surface area is 70.4 Å². The van der Waals surface area contributed by atoms with Crippen molar-refractivity contribution in [2.75, 3.05) is 0 Å². The number of aromatic nitrogens is 1. The van der Waals surface area contributed by atoms with Crippen molar-refractivity contribution >= 4 is 6.09 Å². The molecule has 1 amide bonds. The first-order valence-electron chi connectivity index (χ1n) is 3.65. The highest BCUT2D eigenvalue weighted by atomic mass is 16.5. The maximum atomic E-state index is 10.4. The van der Waals surface area contributed by atoms with E-state index in [1.165, 1.54) is 0 Å². The molecule has 0 aliphatic rings. The number of carbonyl (C=O) groups is 1. The zero-order chi connectivity index (χ0) is 8.97. The molecule has 1 aromatic rings. The van der Waals surface area contributed by atoms with Crippen LogP contribution in [-0.2, 0) is 6.42 Å². The molecular weight excluding hydrogens is 156 g/mol. The second-order valence-corrected chi connectivity index (χ2v) is 2.22. The molecule has 0 aliphatic carbocycles. The summed E-state index contributed by atoms with van der Waals surface area (Å²) in [6.07, 6.45) is 1.55. The average molecular weight is 166 g/mol. The number of amides is 1. The molecule has 0 bridgehead atoms. The number of hydrogen-bond acceptors (Lipinski definition) is 3.